The van der Waals surface area contributed by atoms with E-state index in [0.29, 0.717) is 6.42 Å². The molecule has 0 radical (unpaired) electrons. The number of carbonyl (C=O) groups excluding carboxylic acids is 1. The molecule has 2 rings (SSSR count). The minimum Gasteiger partial charge on any atom is -0.338 e. The lowest BCUT2D eigenvalue weighted by molar-refractivity contribution is -0.135. The average molecular weight is 266 g/mol. The summed E-state index contributed by atoms with van der Waals surface area (Å²) in [5.41, 5.74) is 5.99. The first-order chi connectivity index (χ1) is 8.68. The van der Waals surface area contributed by atoms with Crippen LogP contribution in [-0.4, -0.2) is 29.4 Å². The van der Waals surface area contributed by atoms with Gasteiger partial charge in [-0.2, -0.15) is 0 Å². The predicted molar refractivity (Wildman–Crippen MR) is 75.6 cm³/mol. The van der Waals surface area contributed by atoms with Crippen molar-refractivity contribution in [1.29, 1.82) is 0 Å². The molecule has 100 valence electrons. The van der Waals surface area contributed by atoms with Crippen LogP contribution in [0.2, 0.25) is 0 Å². The zero-order valence-corrected chi connectivity index (χ0v) is 11.8. The van der Waals surface area contributed by atoms with E-state index in [9.17, 15) is 4.79 Å². The quantitative estimate of drug-likeness (QED) is 0.909. The topological polar surface area (TPSA) is 46.3 Å². The average Bonchev–Trinajstić information content (AvgIpc) is 2.89. The largest absolute Gasteiger partial charge is 0.338 e. The Bertz CT molecular complexity index is 375. The molecular weight excluding hydrogens is 244 g/mol. The molecule has 4 heteroatoms. The Morgan fingerprint density at radius 2 is 2.44 bits per heavy atom. The lowest BCUT2D eigenvalue weighted by atomic mass is 9.96. The normalized spacial score (nSPS) is 21.9. The van der Waals surface area contributed by atoms with Crippen LogP contribution < -0.4 is 5.73 Å². The third kappa shape index (κ3) is 3.33. The number of hydrogen-bond donors (Lipinski definition) is 1. The van der Waals surface area contributed by atoms with Gasteiger partial charge in [0.15, 0.2) is 0 Å². The second-order valence-corrected chi connectivity index (χ2v) is 6.12. The Morgan fingerprint density at radius 3 is 3.11 bits per heavy atom. The molecule has 2 unspecified atom stereocenters. The van der Waals surface area contributed by atoms with Gasteiger partial charge in [-0.25, -0.2) is 0 Å². The van der Waals surface area contributed by atoms with Crippen LogP contribution in [-0.2, 0) is 11.2 Å². The molecule has 1 aromatic heterocycles. The molecule has 1 amide bonds. The lowest BCUT2D eigenvalue weighted by Crippen LogP contribution is -2.51. The molecule has 2 N–H and O–H groups in total. The summed E-state index contributed by atoms with van der Waals surface area (Å²) in [5, 5.41) is 2.06. The molecule has 0 spiro atoms. The number of nitrogens with zero attached hydrogens (tertiary/aromatic N) is 1. The van der Waals surface area contributed by atoms with E-state index in [1.54, 1.807) is 11.3 Å². The molecule has 1 aromatic rings. The fourth-order valence-electron chi connectivity index (χ4n) is 2.64. The van der Waals surface area contributed by atoms with E-state index in [2.05, 4.69) is 11.4 Å². The van der Waals surface area contributed by atoms with Gasteiger partial charge in [-0.15, -0.1) is 11.3 Å². The summed E-state index contributed by atoms with van der Waals surface area (Å²) >= 11 is 1.72. The summed E-state index contributed by atoms with van der Waals surface area (Å²) < 4.78 is 0. The summed E-state index contributed by atoms with van der Waals surface area (Å²) in [5.74, 6) is 0.269. The molecule has 0 aliphatic carbocycles. The Hall–Kier alpha value is -0.870. The minimum atomic E-state index is 0.0796. The fraction of sp³-hybridized carbons (Fsp3) is 0.643. The molecule has 2 atom stereocenters. The van der Waals surface area contributed by atoms with Gasteiger partial charge in [-0.3, -0.25) is 4.79 Å². The van der Waals surface area contributed by atoms with Gasteiger partial charge in [-0.05, 0) is 44.1 Å². The Balaban J connectivity index is 1.90. The van der Waals surface area contributed by atoms with Crippen molar-refractivity contribution in [1.82, 2.24) is 4.90 Å². The van der Waals surface area contributed by atoms with Gasteiger partial charge in [0.1, 0.15) is 0 Å². The van der Waals surface area contributed by atoms with Crippen LogP contribution in [0.15, 0.2) is 17.5 Å². The second kappa shape index (κ2) is 6.34. The molecule has 1 aliphatic rings. The van der Waals surface area contributed by atoms with Gasteiger partial charge >= 0.3 is 0 Å². The maximum absolute atomic E-state index is 12.3. The van der Waals surface area contributed by atoms with Crippen molar-refractivity contribution in [3.8, 4) is 0 Å². The number of aryl methyl sites for hydroxylation is 1. The molecule has 1 aliphatic heterocycles. The van der Waals surface area contributed by atoms with Crippen molar-refractivity contribution in [2.24, 2.45) is 5.73 Å². The molecule has 0 saturated carbocycles. The monoisotopic (exact) mass is 266 g/mol. The summed E-state index contributed by atoms with van der Waals surface area (Å²) in [6, 6.07) is 4.46. The number of hydrogen-bond acceptors (Lipinski definition) is 3. The van der Waals surface area contributed by atoms with E-state index in [4.69, 9.17) is 5.73 Å². The standard InChI is InChI=1S/C14H22N2OS/c1-11(15)13-6-2-3-9-16(13)14(17)8-7-12-5-4-10-18-12/h4-5,10-11,13H,2-3,6-9,15H2,1H3. The highest BCUT2D eigenvalue weighted by molar-refractivity contribution is 7.09. The second-order valence-electron chi connectivity index (χ2n) is 5.09. The Labute approximate surface area is 113 Å². The van der Waals surface area contributed by atoms with Crippen molar-refractivity contribution < 1.29 is 4.79 Å². The molecule has 1 fully saturated rings. The first kappa shape index (κ1) is 13.6. The zero-order valence-electron chi connectivity index (χ0n) is 11.0. The predicted octanol–water partition coefficient (Wildman–Crippen LogP) is 2.41. The van der Waals surface area contributed by atoms with Gasteiger partial charge in [0.05, 0.1) is 0 Å². The van der Waals surface area contributed by atoms with Gasteiger partial charge in [0.2, 0.25) is 5.91 Å². The Kier molecular flexibility index (Phi) is 4.78. The Morgan fingerprint density at radius 1 is 1.61 bits per heavy atom. The van der Waals surface area contributed by atoms with Crippen LogP contribution in [0.25, 0.3) is 0 Å². The number of rotatable bonds is 4. The number of nitrogens with two attached hydrogens (primary N) is 1. The van der Waals surface area contributed by atoms with E-state index in [1.807, 2.05) is 17.9 Å². The van der Waals surface area contributed by atoms with Crippen molar-refractivity contribution >= 4 is 17.2 Å². The molecule has 2 heterocycles. The number of amides is 1. The fourth-order valence-corrected chi connectivity index (χ4v) is 3.35. The van der Waals surface area contributed by atoms with Crippen molar-refractivity contribution in [2.45, 2.75) is 51.1 Å². The first-order valence-corrected chi connectivity index (χ1v) is 7.64. The van der Waals surface area contributed by atoms with Gasteiger partial charge < -0.3 is 10.6 Å². The summed E-state index contributed by atoms with van der Waals surface area (Å²) in [6.45, 7) is 2.89. The SMILES string of the molecule is CC(N)C1CCCCN1C(=O)CCc1cccs1. The van der Waals surface area contributed by atoms with E-state index in [-0.39, 0.29) is 18.0 Å². The molecule has 0 bridgehead atoms. The number of likely N-dealkylation sites (tertiary alicyclic amines) is 1. The minimum absolute atomic E-state index is 0.0796. The summed E-state index contributed by atoms with van der Waals surface area (Å²) in [7, 11) is 0. The highest BCUT2D eigenvalue weighted by Crippen LogP contribution is 2.21. The lowest BCUT2D eigenvalue weighted by Gasteiger charge is -2.38. The van der Waals surface area contributed by atoms with Crippen molar-refractivity contribution in [3.05, 3.63) is 22.4 Å². The molecule has 0 aromatic carbocycles. The third-order valence-electron chi connectivity index (χ3n) is 3.64. The van der Waals surface area contributed by atoms with Gasteiger partial charge in [0.25, 0.3) is 0 Å². The van der Waals surface area contributed by atoms with E-state index < -0.39 is 0 Å². The van der Waals surface area contributed by atoms with Gasteiger partial charge in [-0.1, -0.05) is 6.07 Å². The highest BCUT2D eigenvalue weighted by atomic mass is 32.1. The van der Waals surface area contributed by atoms with Crippen LogP contribution in [0, 0.1) is 0 Å². The van der Waals surface area contributed by atoms with E-state index in [0.717, 1.165) is 25.8 Å². The number of thiophene rings is 1. The maximum Gasteiger partial charge on any atom is 0.223 e. The van der Waals surface area contributed by atoms with Crippen LogP contribution in [0.4, 0.5) is 0 Å². The molecule has 3 nitrogen and oxygen atoms in total. The molecular formula is C14H22N2OS. The van der Waals surface area contributed by atoms with E-state index >= 15 is 0 Å². The van der Waals surface area contributed by atoms with Crippen molar-refractivity contribution in [2.75, 3.05) is 6.54 Å². The number of piperidine rings is 1. The summed E-state index contributed by atoms with van der Waals surface area (Å²) in [6.07, 6.45) is 4.85. The smallest absolute Gasteiger partial charge is 0.223 e. The summed E-state index contributed by atoms with van der Waals surface area (Å²) in [4.78, 5) is 15.6. The van der Waals surface area contributed by atoms with Crippen LogP contribution in [0.5, 0.6) is 0 Å². The van der Waals surface area contributed by atoms with Crippen LogP contribution in [0.1, 0.15) is 37.5 Å². The third-order valence-corrected chi connectivity index (χ3v) is 4.58. The number of carbonyl (C=O) groups is 1. The van der Waals surface area contributed by atoms with Crippen molar-refractivity contribution in [3.63, 3.8) is 0 Å². The van der Waals surface area contributed by atoms with Crippen LogP contribution >= 0.6 is 11.3 Å². The van der Waals surface area contributed by atoms with Crippen LogP contribution in [0.3, 0.4) is 0 Å². The molecule has 1 saturated heterocycles. The molecule has 18 heavy (non-hydrogen) atoms. The maximum atomic E-state index is 12.3. The zero-order chi connectivity index (χ0) is 13.0. The highest BCUT2D eigenvalue weighted by Gasteiger charge is 2.28. The van der Waals surface area contributed by atoms with E-state index in [1.165, 1.54) is 11.3 Å². The first-order valence-electron chi connectivity index (χ1n) is 6.76. The van der Waals surface area contributed by atoms with Gasteiger partial charge in [0, 0.05) is 29.9 Å².